The molecule has 1 N–H and O–H groups in total. The Kier molecular flexibility index (Phi) is 4.81. The lowest BCUT2D eigenvalue weighted by atomic mass is 9.86. The van der Waals surface area contributed by atoms with E-state index in [2.05, 4.69) is 17.2 Å². The van der Waals surface area contributed by atoms with Gasteiger partial charge in [0.2, 0.25) is 0 Å². The first kappa shape index (κ1) is 19.2. The molecule has 3 unspecified atom stereocenters. The number of hydrogen-bond donors (Lipinski definition) is 1. The number of hydrogen-bond acceptors (Lipinski definition) is 3. The largest absolute Gasteiger partial charge is 0.433 e. The number of aromatic nitrogens is 1. The first-order chi connectivity index (χ1) is 13.2. The first-order valence-electron chi connectivity index (χ1n) is 9.53. The zero-order chi connectivity index (χ0) is 19.9. The second kappa shape index (κ2) is 7.03. The summed E-state index contributed by atoms with van der Waals surface area (Å²) in [5.74, 6) is 0.867. The quantitative estimate of drug-likeness (QED) is 0.768. The second-order valence-electron chi connectivity index (χ2n) is 8.09. The summed E-state index contributed by atoms with van der Waals surface area (Å²) in [5, 5.41) is 3.59. The number of alkyl halides is 3. The van der Waals surface area contributed by atoms with E-state index in [0.717, 1.165) is 31.0 Å². The van der Waals surface area contributed by atoms with Crippen LogP contribution in [0.5, 0.6) is 0 Å². The number of pyridine rings is 1. The molecule has 1 aromatic carbocycles. The van der Waals surface area contributed by atoms with Gasteiger partial charge in [0.05, 0.1) is 0 Å². The van der Waals surface area contributed by atoms with Crippen LogP contribution in [0.2, 0.25) is 0 Å². The van der Waals surface area contributed by atoms with Crippen molar-refractivity contribution in [3.8, 4) is 0 Å². The zero-order valence-electron chi connectivity index (χ0n) is 15.6. The number of fused-ring (bicyclic) bond motifs is 1. The van der Waals surface area contributed by atoms with Gasteiger partial charge in [-0.3, -0.25) is 0 Å². The van der Waals surface area contributed by atoms with Crippen LogP contribution in [0.3, 0.4) is 0 Å². The van der Waals surface area contributed by atoms with E-state index in [0.29, 0.717) is 30.7 Å². The molecule has 0 amide bonds. The Morgan fingerprint density at radius 1 is 1.18 bits per heavy atom. The van der Waals surface area contributed by atoms with Gasteiger partial charge in [-0.05, 0) is 61.4 Å². The van der Waals surface area contributed by atoms with Crippen LogP contribution in [-0.4, -0.2) is 23.6 Å². The molecule has 1 aromatic heterocycles. The number of halogens is 4. The van der Waals surface area contributed by atoms with Gasteiger partial charge in [-0.25, -0.2) is 9.37 Å². The molecule has 0 radical (unpaired) electrons. The lowest BCUT2D eigenvalue weighted by Gasteiger charge is -2.33. The fraction of sp³-hybridized carbons (Fsp3) is 0.476. The predicted molar refractivity (Wildman–Crippen MR) is 99.3 cm³/mol. The third kappa shape index (κ3) is 3.72. The third-order valence-electron chi connectivity index (χ3n) is 6.23. The summed E-state index contributed by atoms with van der Waals surface area (Å²) in [6, 6.07) is 10.6. The Balaban J connectivity index is 1.46. The highest BCUT2D eigenvalue weighted by atomic mass is 19.4. The SMILES string of the molecule is CC1(NCc2cccc(F)c2)CCC2CN(c3cccc(C(F)(F)F)n3)CC21. The molecule has 2 aliphatic rings. The van der Waals surface area contributed by atoms with Gasteiger partial charge in [-0.1, -0.05) is 18.2 Å². The van der Waals surface area contributed by atoms with Crippen LogP contribution in [0.25, 0.3) is 0 Å². The summed E-state index contributed by atoms with van der Waals surface area (Å²) < 4.78 is 52.4. The van der Waals surface area contributed by atoms with E-state index in [-0.39, 0.29) is 11.4 Å². The van der Waals surface area contributed by atoms with Crippen molar-refractivity contribution in [2.24, 2.45) is 11.8 Å². The summed E-state index contributed by atoms with van der Waals surface area (Å²) in [5.41, 5.74) is -0.0963. The lowest BCUT2D eigenvalue weighted by Crippen LogP contribution is -2.47. The highest BCUT2D eigenvalue weighted by molar-refractivity contribution is 5.42. The Labute approximate surface area is 161 Å². The topological polar surface area (TPSA) is 28.2 Å². The number of anilines is 1. The molecule has 3 atom stereocenters. The van der Waals surface area contributed by atoms with E-state index in [1.54, 1.807) is 12.1 Å². The smallest absolute Gasteiger partial charge is 0.356 e. The van der Waals surface area contributed by atoms with Crippen molar-refractivity contribution >= 4 is 5.82 Å². The number of nitrogens with zero attached hydrogens (tertiary/aromatic N) is 2. The van der Waals surface area contributed by atoms with E-state index >= 15 is 0 Å². The van der Waals surface area contributed by atoms with Gasteiger partial charge in [0.1, 0.15) is 17.3 Å². The van der Waals surface area contributed by atoms with Crippen molar-refractivity contribution in [3.63, 3.8) is 0 Å². The van der Waals surface area contributed by atoms with Crippen LogP contribution in [0.15, 0.2) is 42.5 Å². The zero-order valence-corrected chi connectivity index (χ0v) is 15.6. The van der Waals surface area contributed by atoms with E-state index in [1.165, 1.54) is 18.2 Å². The number of rotatable bonds is 4. The monoisotopic (exact) mass is 393 g/mol. The summed E-state index contributed by atoms with van der Waals surface area (Å²) in [6.07, 6.45) is -2.42. The summed E-state index contributed by atoms with van der Waals surface area (Å²) in [6.45, 7) is 4.13. The van der Waals surface area contributed by atoms with Crippen LogP contribution in [0.4, 0.5) is 23.4 Å². The number of benzene rings is 1. The molecule has 1 saturated heterocycles. The van der Waals surface area contributed by atoms with Crippen molar-refractivity contribution in [1.29, 1.82) is 0 Å². The molecular formula is C21H23F4N3. The fourth-order valence-corrected chi connectivity index (χ4v) is 4.67. The minimum absolute atomic E-state index is 0.132. The van der Waals surface area contributed by atoms with E-state index in [4.69, 9.17) is 0 Å². The van der Waals surface area contributed by atoms with Crippen molar-refractivity contribution in [2.75, 3.05) is 18.0 Å². The van der Waals surface area contributed by atoms with Crippen LogP contribution in [0.1, 0.15) is 31.0 Å². The molecule has 1 saturated carbocycles. The van der Waals surface area contributed by atoms with Crippen LogP contribution in [-0.2, 0) is 12.7 Å². The van der Waals surface area contributed by atoms with E-state index in [1.807, 2.05) is 11.0 Å². The van der Waals surface area contributed by atoms with Gasteiger partial charge < -0.3 is 10.2 Å². The molecular weight excluding hydrogens is 370 g/mol. The van der Waals surface area contributed by atoms with Gasteiger partial charge in [0.25, 0.3) is 0 Å². The van der Waals surface area contributed by atoms with E-state index in [9.17, 15) is 17.6 Å². The molecule has 2 heterocycles. The maximum Gasteiger partial charge on any atom is 0.433 e. The third-order valence-corrected chi connectivity index (χ3v) is 6.23. The average Bonchev–Trinajstić information content (AvgIpc) is 3.21. The molecule has 4 rings (SSSR count). The molecule has 2 fully saturated rings. The normalized spacial score (nSPS) is 27.2. The standard InChI is InChI=1S/C21H23F4N3/c1-20(26-11-14-4-2-5-16(22)10-14)9-8-15-12-28(13-17(15)20)19-7-3-6-18(27-19)21(23,24)25/h2-7,10,15,17,26H,8-9,11-13H2,1H3. The van der Waals surface area contributed by atoms with Crippen molar-refractivity contribution < 1.29 is 17.6 Å². The van der Waals surface area contributed by atoms with Crippen LogP contribution < -0.4 is 10.2 Å². The van der Waals surface area contributed by atoms with Crippen molar-refractivity contribution in [3.05, 3.63) is 59.5 Å². The second-order valence-corrected chi connectivity index (χ2v) is 8.09. The Morgan fingerprint density at radius 2 is 1.96 bits per heavy atom. The molecule has 1 aliphatic carbocycles. The van der Waals surface area contributed by atoms with Gasteiger partial charge in [0, 0.05) is 25.2 Å². The molecule has 3 nitrogen and oxygen atoms in total. The summed E-state index contributed by atoms with van der Waals surface area (Å²) >= 11 is 0. The summed E-state index contributed by atoms with van der Waals surface area (Å²) in [4.78, 5) is 5.81. The van der Waals surface area contributed by atoms with Gasteiger partial charge >= 0.3 is 6.18 Å². The minimum Gasteiger partial charge on any atom is -0.356 e. The predicted octanol–water partition coefficient (Wildman–Crippen LogP) is 4.63. The molecule has 0 bridgehead atoms. The van der Waals surface area contributed by atoms with E-state index < -0.39 is 11.9 Å². The molecule has 7 heteroatoms. The Hall–Kier alpha value is -2.15. The number of nitrogens with one attached hydrogen (secondary N) is 1. The maximum absolute atomic E-state index is 13.4. The first-order valence-corrected chi connectivity index (χ1v) is 9.53. The molecule has 0 spiro atoms. The highest BCUT2D eigenvalue weighted by Crippen LogP contribution is 2.46. The van der Waals surface area contributed by atoms with Gasteiger partial charge in [0.15, 0.2) is 0 Å². The molecule has 2 aromatic rings. The van der Waals surface area contributed by atoms with Gasteiger partial charge in [-0.15, -0.1) is 0 Å². The lowest BCUT2D eigenvalue weighted by molar-refractivity contribution is -0.141. The Morgan fingerprint density at radius 3 is 2.71 bits per heavy atom. The van der Waals surface area contributed by atoms with Crippen molar-refractivity contribution in [2.45, 2.75) is 38.0 Å². The fourth-order valence-electron chi connectivity index (χ4n) is 4.67. The molecule has 1 aliphatic heterocycles. The molecule has 28 heavy (non-hydrogen) atoms. The maximum atomic E-state index is 13.4. The van der Waals surface area contributed by atoms with Crippen LogP contribution in [0, 0.1) is 17.7 Å². The van der Waals surface area contributed by atoms with Crippen molar-refractivity contribution in [1.82, 2.24) is 10.3 Å². The highest BCUT2D eigenvalue weighted by Gasteiger charge is 2.49. The van der Waals surface area contributed by atoms with Gasteiger partial charge in [-0.2, -0.15) is 13.2 Å². The molecule has 150 valence electrons. The Bertz CT molecular complexity index is 854. The minimum atomic E-state index is -4.44. The average molecular weight is 393 g/mol. The summed E-state index contributed by atoms with van der Waals surface area (Å²) in [7, 11) is 0. The van der Waals surface area contributed by atoms with Crippen LogP contribution >= 0.6 is 0 Å².